The molecule has 3 N–H and O–H groups in total. The molecule has 0 radical (unpaired) electrons. The Hall–Kier alpha value is -2.47. The van der Waals surface area contributed by atoms with Crippen LogP contribution < -0.4 is 11.1 Å². The van der Waals surface area contributed by atoms with E-state index in [0.29, 0.717) is 21.8 Å². The SMILES string of the molecule is N[C@@H](CC(=O)NC1(c2nc(-c3ccc(Cl)cc3)cs2)CCS(=O)(=O)CC1)Cc1cc(F)c(F)cc1F. The maximum Gasteiger partial charge on any atom is 0.222 e. The molecule has 1 aliphatic heterocycles. The quantitative estimate of drug-likeness (QED) is 0.420. The van der Waals surface area contributed by atoms with Crippen molar-refractivity contribution < 1.29 is 26.4 Å². The van der Waals surface area contributed by atoms with Gasteiger partial charge >= 0.3 is 0 Å². The topological polar surface area (TPSA) is 102 Å². The molecule has 4 rings (SSSR count). The number of hydrogen-bond donors (Lipinski definition) is 2. The summed E-state index contributed by atoms with van der Waals surface area (Å²) in [4.78, 5) is 17.7. The monoisotopic (exact) mass is 557 g/mol. The smallest absolute Gasteiger partial charge is 0.222 e. The fourth-order valence-corrected chi connectivity index (χ4v) is 6.85. The van der Waals surface area contributed by atoms with Crippen LogP contribution in [-0.4, -0.2) is 36.9 Å². The summed E-state index contributed by atoms with van der Waals surface area (Å²) in [5.74, 6) is -4.17. The number of benzene rings is 2. The van der Waals surface area contributed by atoms with Gasteiger partial charge in [-0.1, -0.05) is 23.7 Å². The summed E-state index contributed by atoms with van der Waals surface area (Å²) in [6.07, 6.45) is -0.137. The van der Waals surface area contributed by atoms with Gasteiger partial charge in [-0.25, -0.2) is 26.6 Å². The van der Waals surface area contributed by atoms with Crippen molar-refractivity contribution in [2.75, 3.05) is 11.5 Å². The molecule has 0 saturated carbocycles. The normalized spacial score (nSPS) is 17.5. The summed E-state index contributed by atoms with van der Waals surface area (Å²) in [5.41, 5.74) is 6.36. The molecule has 1 saturated heterocycles. The molecule has 0 aliphatic carbocycles. The van der Waals surface area contributed by atoms with E-state index in [1.54, 1.807) is 12.1 Å². The van der Waals surface area contributed by atoms with Gasteiger partial charge in [0, 0.05) is 34.5 Å². The molecule has 2 heterocycles. The number of nitrogens with two attached hydrogens (primary N) is 1. The minimum absolute atomic E-state index is 0.116. The lowest BCUT2D eigenvalue weighted by Gasteiger charge is -2.36. The molecular formula is C24H23ClF3N3O3S2. The van der Waals surface area contributed by atoms with Crippen LogP contribution in [0.5, 0.6) is 0 Å². The van der Waals surface area contributed by atoms with Gasteiger partial charge in [0.15, 0.2) is 21.5 Å². The summed E-state index contributed by atoms with van der Waals surface area (Å²) in [6.45, 7) is 0. The van der Waals surface area contributed by atoms with Gasteiger partial charge in [-0.05, 0) is 43.0 Å². The standard InChI is InChI=1S/C24H23ClF3N3O3S2/c25-16-3-1-14(2-4-16)21-13-35-23(30-21)24(5-7-36(33,34)8-6-24)31-22(32)11-17(29)9-15-10-19(27)20(28)12-18(15)26/h1-4,10,12-13,17H,5-9,11,29H2,(H,31,32)/t17-/m1/s1. The van der Waals surface area contributed by atoms with Gasteiger partial charge in [-0.2, -0.15) is 0 Å². The van der Waals surface area contributed by atoms with Crippen molar-refractivity contribution in [3.63, 3.8) is 0 Å². The second-order valence-electron chi connectivity index (χ2n) is 8.85. The Kier molecular flexibility index (Phi) is 7.75. The van der Waals surface area contributed by atoms with E-state index in [1.807, 2.05) is 17.5 Å². The first kappa shape index (κ1) is 26.6. The van der Waals surface area contributed by atoms with Crippen molar-refractivity contribution in [2.45, 2.75) is 37.3 Å². The first-order chi connectivity index (χ1) is 17.0. The number of nitrogens with zero attached hydrogens (tertiary/aromatic N) is 1. The average Bonchev–Trinajstić information content (AvgIpc) is 3.30. The second kappa shape index (κ2) is 10.5. The lowest BCUT2D eigenvalue weighted by Crippen LogP contribution is -2.51. The van der Waals surface area contributed by atoms with Gasteiger partial charge in [-0.3, -0.25) is 4.79 Å². The number of carbonyl (C=O) groups excluding carboxylic acids is 1. The summed E-state index contributed by atoms with van der Waals surface area (Å²) < 4.78 is 64.9. The molecule has 6 nitrogen and oxygen atoms in total. The van der Waals surface area contributed by atoms with Crippen LogP contribution in [0.3, 0.4) is 0 Å². The van der Waals surface area contributed by atoms with Gasteiger partial charge in [0.1, 0.15) is 10.8 Å². The molecule has 12 heteroatoms. The number of rotatable bonds is 7. The average molecular weight is 558 g/mol. The summed E-state index contributed by atoms with van der Waals surface area (Å²) in [6, 6.07) is 7.38. The highest BCUT2D eigenvalue weighted by Gasteiger charge is 2.42. The Labute approximate surface area is 215 Å². The second-order valence-corrected chi connectivity index (χ2v) is 12.5. The molecule has 1 fully saturated rings. The van der Waals surface area contributed by atoms with Gasteiger partial charge in [-0.15, -0.1) is 11.3 Å². The Morgan fingerprint density at radius 3 is 2.42 bits per heavy atom. The molecule has 1 amide bonds. The van der Waals surface area contributed by atoms with E-state index >= 15 is 0 Å². The van der Waals surface area contributed by atoms with E-state index in [0.717, 1.165) is 11.6 Å². The summed E-state index contributed by atoms with van der Waals surface area (Å²) in [5, 5.41) is 5.90. The number of carbonyl (C=O) groups is 1. The lowest BCUT2D eigenvalue weighted by molar-refractivity contribution is -0.123. The third-order valence-electron chi connectivity index (χ3n) is 6.13. The molecule has 36 heavy (non-hydrogen) atoms. The predicted octanol–water partition coefficient (Wildman–Crippen LogP) is 4.36. The largest absolute Gasteiger partial charge is 0.344 e. The van der Waals surface area contributed by atoms with Gasteiger partial charge in [0.25, 0.3) is 0 Å². The molecular weight excluding hydrogens is 535 g/mol. The molecule has 3 aromatic rings. The summed E-state index contributed by atoms with van der Waals surface area (Å²) >= 11 is 7.27. The maximum absolute atomic E-state index is 14.0. The first-order valence-electron chi connectivity index (χ1n) is 11.1. The van der Waals surface area contributed by atoms with Crippen LogP contribution in [0, 0.1) is 17.5 Å². The summed E-state index contributed by atoms with van der Waals surface area (Å²) in [7, 11) is -3.25. The first-order valence-corrected chi connectivity index (χ1v) is 14.2. The predicted molar refractivity (Wildman–Crippen MR) is 133 cm³/mol. The van der Waals surface area contributed by atoms with Gasteiger partial charge in [0.2, 0.25) is 5.91 Å². The lowest BCUT2D eigenvalue weighted by atomic mass is 9.92. The van der Waals surface area contributed by atoms with Crippen LogP contribution in [-0.2, 0) is 26.6 Å². The van der Waals surface area contributed by atoms with Crippen LogP contribution in [0.25, 0.3) is 11.3 Å². The van der Waals surface area contributed by atoms with Crippen molar-refractivity contribution >= 4 is 38.7 Å². The number of thiazole rings is 1. The Bertz CT molecular complexity index is 1370. The number of aromatic nitrogens is 1. The Balaban J connectivity index is 1.52. The zero-order chi connectivity index (χ0) is 26.1. The molecule has 1 atom stereocenters. The van der Waals surface area contributed by atoms with Crippen LogP contribution in [0.2, 0.25) is 5.02 Å². The van der Waals surface area contributed by atoms with Crippen LogP contribution in [0.1, 0.15) is 29.8 Å². The Morgan fingerprint density at radius 1 is 1.11 bits per heavy atom. The van der Waals surface area contributed by atoms with Crippen molar-refractivity contribution in [3.8, 4) is 11.3 Å². The van der Waals surface area contributed by atoms with E-state index in [9.17, 15) is 26.4 Å². The van der Waals surface area contributed by atoms with Crippen LogP contribution >= 0.6 is 22.9 Å². The minimum atomic E-state index is -3.25. The van der Waals surface area contributed by atoms with Crippen molar-refractivity contribution in [1.29, 1.82) is 0 Å². The number of amides is 1. The van der Waals surface area contributed by atoms with E-state index in [2.05, 4.69) is 5.32 Å². The highest BCUT2D eigenvalue weighted by Crippen LogP contribution is 2.38. The third-order valence-corrected chi connectivity index (χ3v) is 9.08. The molecule has 2 aromatic carbocycles. The Morgan fingerprint density at radius 2 is 1.75 bits per heavy atom. The maximum atomic E-state index is 14.0. The van der Waals surface area contributed by atoms with Crippen molar-refractivity contribution in [2.24, 2.45) is 5.73 Å². The number of nitrogens with one attached hydrogen (secondary N) is 1. The van der Waals surface area contributed by atoms with Gasteiger partial charge in [0.05, 0.1) is 22.7 Å². The molecule has 0 spiro atoms. The highest BCUT2D eigenvalue weighted by molar-refractivity contribution is 7.91. The molecule has 0 bridgehead atoms. The van der Waals surface area contributed by atoms with Crippen LogP contribution in [0.4, 0.5) is 13.2 Å². The molecule has 1 aliphatic rings. The van der Waals surface area contributed by atoms with E-state index in [-0.39, 0.29) is 42.8 Å². The van der Waals surface area contributed by atoms with Crippen LogP contribution in [0.15, 0.2) is 41.8 Å². The van der Waals surface area contributed by atoms with E-state index in [4.69, 9.17) is 22.3 Å². The zero-order valence-corrected chi connectivity index (χ0v) is 21.3. The van der Waals surface area contributed by atoms with Crippen molar-refractivity contribution in [3.05, 3.63) is 74.8 Å². The highest BCUT2D eigenvalue weighted by atomic mass is 35.5. The van der Waals surface area contributed by atoms with Gasteiger partial charge < -0.3 is 11.1 Å². The third kappa shape index (κ3) is 6.08. The number of halogens is 4. The molecule has 192 valence electrons. The van der Waals surface area contributed by atoms with E-state index < -0.39 is 44.8 Å². The number of hydrogen-bond acceptors (Lipinski definition) is 6. The fraction of sp³-hybridized carbons (Fsp3) is 0.333. The number of sulfone groups is 1. The van der Waals surface area contributed by atoms with E-state index in [1.165, 1.54) is 11.3 Å². The minimum Gasteiger partial charge on any atom is -0.344 e. The molecule has 0 unspecified atom stereocenters. The van der Waals surface area contributed by atoms with Crippen molar-refractivity contribution in [1.82, 2.24) is 10.3 Å². The zero-order valence-electron chi connectivity index (χ0n) is 18.9. The molecule has 1 aromatic heterocycles. The fourth-order valence-electron chi connectivity index (χ4n) is 4.16.